The van der Waals surface area contributed by atoms with Gasteiger partial charge in [-0.2, -0.15) is 0 Å². The maximum Gasteiger partial charge on any atom is 0.333 e. The van der Waals surface area contributed by atoms with Gasteiger partial charge in [-0.3, -0.25) is 9.59 Å². The van der Waals surface area contributed by atoms with E-state index in [2.05, 4.69) is 44.9 Å². The number of rotatable bonds is 21. The molecule has 3 N–H and O–H groups in total. The molecule has 0 aromatic carbocycles. The summed E-state index contributed by atoms with van der Waals surface area (Å²) in [5.41, 5.74) is 2.15. The molecule has 0 radical (unpaired) electrons. The van der Waals surface area contributed by atoms with Gasteiger partial charge in [-0.05, 0) is 146 Å². The Morgan fingerprint density at radius 2 is 0.973 bits per heavy atom. The van der Waals surface area contributed by atoms with E-state index in [0.29, 0.717) is 12.0 Å². The molecule has 1 heterocycles. The van der Waals surface area contributed by atoms with Crippen LogP contribution in [0.3, 0.4) is 0 Å². The summed E-state index contributed by atoms with van der Waals surface area (Å²) in [5.74, 6) is 0.339. The first-order valence-electron chi connectivity index (χ1n) is 26.0. The summed E-state index contributed by atoms with van der Waals surface area (Å²) in [6.45, 7) is 24.6. The summed E-state index contributed by atoms with van der Waals surface area (Å²) >= 11 is 0. The molecule has 13 unspecified atom stereocenters. The Labute approximate surface area is 444 Å². The maximum absolute atomic E-state index is 11.9. The average Bonchev–Trinajstić information content (AvgIpc) is 4.23. The summed E-state index contributed by atoms with van der Waals surface area (Å²) in [5, 5.41) is 28.2. The van der Waals surface area contributed by atoms with E-state index in [-0.39, 0.29) is 73.6 Å². The number of hydrogen-bond donors (Lipinski definition) is 3. The van der Waals surface area contributed by atoms with Crippen LogP contribution in [0.1, 0.15) is 127 Å². The minimum Gasteiger partial charge on any atom is -0.498 e. The predicted molar refractivity (Wildman–Crippen MR) is 277 cm³/mol. The van der Waals surface area contributed by atoms with Gasteiger partial charge in [0.05, 0.1) is 12.4 Å². The van der Waals surface area contributed by atoms with Crippen LogP contribution in [0.5, 0.6) is 0 Å². The molecule has 18 nitrogen and oxygen atoms in total. The van der Waals surface area contributed by atoms with E-state index in [1.165, 1.54) is 84.1 Å². The molecule has 0 aromatic heterocycles. The number of carbonyl (C=O) groups excluding carboxylic acids is 6. The van der Waals surface area contributed by atoms with E-state index in [9.17, 15) is 39.0 Å². The molecule has 18 heteroatoms. The highest BCUT2D eigenvalue weighted by Gasteiger charge is 2.56. The van der Waals surface area contributed by atoms with E-state index in [4.69, 9.17) is 43.0 Å². The van der Waals surface area contributed by atoms with Crippen LogP contribution in [0.2, 0.25) is 0 Å². The molecule has 0 amide bonds. The molecule has 7 rings (SSSR count). The minimum atomic E-state index is -1.89. The Kier molecular flexibility index (Phi) is 25.7. The molecule has 7 fully saturated rings. The number of carbonyl (C=O) groups is 6. The van der Waals surface area contributed by atoms with Gasteiger partial charge in [-0.1, -0.05) is 60.4 Å². The van der Waals surface area contributed by atoms with Crippen molar-refractivity contribution in [2.45, 2.75) is 157 Å². The number of aliphatic hydroxyl groups excluding tert-OH is 1. The first-order valence-corrected chi connectivity index (χ1v) is 26.0. The molecule has 0 spiro atoms. The molecule has 75 heavy (non-hydrogen) atoms. The Morgan fingerprint density at radius 3 is 1.37 bits per heavy atom. The van der Waals surface area contributed by atoms with Crippen molar-refractivity contribution >= 4 is 35.4 Å². The zero-order valence-corrected chi connectivity index (χ0v) is 45.0. The second kappa shape index (κ2) is 29.8. The molecule has 0 aromatic rings. The third-order valence-corrected chi connectivity index (χ3v) is 14.8. The molecule has 424 valence electrons. The van der Waals surface area contributed by atoms with Crippen LogP contribution in [0, 0.1) is 53.3 Å². The molecular formula is C57H88O18. The monoisotopic (exact) mass is 1060 g/mol. The minimum absolute atomic E-state index is 0. The summed E-state index contributed by atoms with van der Waals surface area (Å²) < 4.78 is 47.0. The standard InChI is InChI=1S/C21H32O5.C14H20O8.C14H22O.C7H10O4.CH4/c1-12(2)20(23)24-10-15(22)11-25-21(13(3)4)26-19-9-14-8-18(19)17-7-5-6-16(14)17;1-9(2)11(15)19-5-13(17)7-22-14(18,8-21-13)6-20-12(16)10(3)4;1-9(2)8-15-14-7-10-6-13(14)12-5-3-4-11(10)12;1-5(2)7(10)11-4-6(9)3-8;/h13-14,16-19,21H,1,5-11H2,2-4H3;17-18H,1,3,5-8H2,2,4H3;8,10-14H,3-7H2,1-2H3;8H,1,3-4H2,2H3;1H4. The third-order valence-electron chi connectivity index (χ3n) is 14.8. The van der Waals surface area contributed by atoms with E-state index in [0.717, 1.165) is 47.8 Å². The number of allylic oxidation sites excluding steroid dienone is 1. The second-order valence-corrected chi connectivity index (χ2v) is 21.9. The van der Waals surface area contributed by atoms with Crippen molar-refractivity contribution in [3.8, 4) is 0 Å². The molecule has 6 aliphatic carbocycles. The van der Waals surface area contributed by atoms with Crippen LogP contribution >= 0.6 is 0 Å². The smallest absolute Gasteiger partial charge is 0.333 e. The van der Waals surface area contributed by atoms with Gasteiger partial charge in [0.2, 0.25) is 11.6 Å². The largest absolute Gasteiger partial charge is 0.498 e. The number of esters is 4. The first kappa shape index (κ1) is 64.7. The SMILES string of the molecule is C.C=C(C)C(=O)OCC(=O)CO.C=C(C)C(=O)OCC(=O)COC(OC1CC2CC1C1CCCC21)C(C)C.C=C(C)C(=O)OCC1(O)COC(O)(COC(=O)C(=C)C)CO1.CC(C)=COC1CC2CC1C1CCCC21. The fraction of sp³-hybridized carbons (Fsp3) is 0.719. The van der Waals surface area contributed by atoms with Crippen molar-refractivity contribution in [3.63, 3.8) is 0 Å². The van der Waals surface area contributed by atoms with Gasteiger partial charge in [0, 0.05) is 28.2 Å². The van der Waals surface area contributed by atoms with E-state index < -0.39 is 74.3 Å². The van der Waals surface area contributed by atoms with Crippen LogP contribution in [0.25, 0.3) is 0 Å². The molecule has 1 saturated heterocycles. The van der Waals surface area contributed by atoms with Crippen LogP contribution in [0.15, 0.2) is 60.4 Å². The summed E-state index contributed by atoms with van der Waals surface area (Å²) in [6, 6.07) is 0. The van der Waals surface area contributed by atoms with Gasteiger partial charge in [0.25, 0.3) is 0 Å². The van der Waals surface area contributed by atoms with Gasteiger partial charge in [0.1, 0.15) is 45.7 Å². The van der Waals surface area contributed by atoms with Gasteiger partial charge in [-0.25, -0.2) is 19.2 Å². The van der Waals surface area contributed by atoms with Crippen molar-refractivity contribution in [2.75, 3.05) is 52.9 Å². The van der Waals surface area contributed by atoms with Crippen LogP contribution in [-0.2, 0) is 71.4 Å². The number of ketones is 2. The third kappa shape index (κ3) is 19.4. The molecule has 4 bridgehead atoms. The van der Waals surface area contributed by atoms with Crippen molar-refractivity contribution in [2.24, 2.45) is 53.3 Å². The lowest BCUT2D eigenvalue weighted by Gasteiger charge is -2.39. The molecule has 1 aliphatic heterocycles. The van der Waals surface area contributed by atoms with Crippen LogP contribution in [-0.4, -0.2) is 134 Å². The second-order valence-electron chi connectivity index (χ2n) is 21.9. The molecule has 13 atom stereocenters. The lowest BCUT2D eigenvalue weighted by molar-refractivity contribution is -0.377. The normalized spacial score (nSPS) is 30.3. The van der Waals surface area contributed by atoms with Crippen LogP contribution in [0.4, 0.5) is 0 Å². The summed E-state index contributed by atoms with van der Waals surface area (Å²) in [7, 11) is 0. The van der Waals surface area contributed by atoms with E-state index in [1.54, 1.807) is 6.92 Å². The van der Waals surface area contributed by atoms with Gasteiger partial charge in [-0.15, -0.1) is 0 Å². The predicted octanol–water partition coefficient (Wildman–Crippen LogP) is 7.22. The molecule has 7 aliphatic rings. The lowest BCUT2D eigenvalue weighted by Crippen LogP contribution is -2.57. The average molecular weight is 1060 g/mol. The molecule has 6 saturated carbocycles. The van der Waals surface area contributed by atoms with Crippen molar-refractivity contribution in [1.82, 2.24) is 0 Å². The van der Waals surface area contributed by atoms with Gasteiger partial charge < -0.3 is 58.0 Å². The summed E-state index contributed by atoms with van der Waals surface area (Å²) in [6.07, 6.45) is 16.3. The zero-order chi connectivity index (χ0) is 55.1. The number of hydrogen-bond acceptors (Lipinski definition) is 18. The Balaban J connectivity index is 0.000000275. The zero-order valence-electron chi connectivity index (χ0n) is 45.0. The Hall–Kier alpha value is -4.56. The topological polar surface area (TPSA) is 246 Å². The Morgan fingerprint density at radius 1 is 0.573 bits per heavy atom. The number of Topliss-reactive ketones (excluding diaryl/α,β-unsaturated/α-hetero) is 2. The highest BCUT2D eigenvalue weighted by molar-refractivity contribution is 5.91. The van der Waals surface area contributed by atoms with Gasteiger partial charge >= 0.3 is 23.9 Å². The Bertz CT molecular complexity index is 2000. The first-order chi connectivity index (χ1) is 34.8. The maximum atomic E-state index is 11.9. The summed E-state index contributed by atoms with van der Waals surface area (Å²) in [4.78, 5) is 66.8. The number of ether oxygens (including phenoxy) is 9. The molecular weight excluding hydrogens is 973 g/mol. The number of fused-ring (bicyclic) bond motifs is 10. The van der Waals surface area contributed by atoms with Gasteiger partial charge in [0.15, 0.2) is 31.1 Å². The van der Waals surface area contributed by atoms with E-state index >= 15 is 0 Å². The number of aliphatic hydroxyl groups is 3. The van der Waals surface area contributed by atoms with E-state index in [1.807, 2.05) is 20.1 Å². The highest BCUT2D eigenvalue weighted by Crippen LogP contribution is 2.60. The van der Waals surface area contributed by atoms with Crippen molar-refractivity contribution in [1.29, 1.82) is 0 Å². The lowest BCUT2D eigenvalue weighted by atomic mass is 9.80. The van der Waals surface area contributed by atoms with Crippen LogP contribution < -0.4 is 0 Å². The van der Waals surface area contributed by atoms with Crippen molar-refractivity contribution in [3.05, 3.63) is 60.4 Å². The fourth-order valence-electron chi connectivity index (χ4n) is 11.3. The highest BCUT2D eigenvalue weighted by atomic mass is 16.7. The van der Waals surface area contributed by atoms with Crippen molar-refractivity contribution < 1.29 is 86.7 Å². The quantitative estimate of drug-likeness (QED) is 0.0338. The fourth-order valence-corrected chi connectivity index (χ4v) is 11.3.